The number of fused-ring (bicyclic) bond motifs is 1. The van der Waals surface area contributed by atoms with E-state index >= 15 is 0 Å². The average Bonchev–Trinajstić information content (AvgIpc) is 3.65. The number of pyridine rings is 1. The van der Waals surface area contributed by atoms with Gasteiger partial charge < -0.3 is 19.7 Å². The van der Waals surface area contributed by atoms with Gasteiger partial charge in [-0.3, -0.25) is 4.98 Å². The van der Waals surface area contributed by atoms with Gasteiger partial charge in [-0.2, -0.15) is 4.98 Å². The molecule has 1 aliphatic heterocycles. The summed E-state index contributed by atoms with van der Waals surface area (Å²) in [6.07, 6.45) is 7.89. The second-order valence-electron chi connectivity index (χ2n) is 9.01. The van der Waals surface area contributed by atoms with Crippen LogP contribution in [-0.4, -0.2) is 62.6 Å². The number of anilines is 3. The Bertz CT molecular complexity index is 1260. The molecule has 1 aromatic carbocycles. The van der Waals surface area contributed by atoms with E-state index in [-0.39, 0.29) is 0 Å². The van der Waals surface area contributed by atoms with Crippen molar-refractivity contribution in [2.24, 2.45) is 0 Å². The Hall–Kier alpha value is -3.17. The van der Waals surface area contributed by atoms with E-state index in [0.29, 0.717) is 12.0 Å². The summed E-state index contributed by atoms with van der Waals surface area (Å²) in [7, 11) is 2.18. The lowest BCUT2D eigenvalue weighted by Gasteiger charge is -2.34. The SMILES string of the molecule is CN1CCN(c2ccc(Nc3ncc4nc(SCc5cccnc5)n(C5CC5)c4n3)cc2)CC1. The number of likely N-dealkylation sites (N-methyl/N-ethyl adjacent to an activating group) is 1. The highest BCUT2D eigenvalue weighted by Crippen LogP contribution is 2.41. The summed E-state index contributed by atoms with van der Waals surface area (Å²) < 4.78 is 2.29. The third kappa shape index (κ3) is 4.58. The molecular weight excluding hydrogens is 444 g/mol. The van der Waals surface area contributed by atoms with Gasteiger partial charge in [-0.05, 0) is 55.8 Å². The number of nitrogens with zero attached hydrogens (tertiary/aromatic N) is 7. The fraction of sp³-hybridized carbons (Fsp3) is 0.360. The van der Waals surface area contributed by atoms with E-state index in [1.54, 1.807) is 18.0 Å². The van der Waals surface area contributed by atoms with E-state index in [4.69, 9.17) is 9.97 Å². The standard InChI is InChI=1S/C25H28N8S/c1-31-11-13-32(14-12-31)20-6-4-19(5-7-20)28-24-27-16-22-23(30-24)33(21-8-9-21)25(29-22)34-17-18-3-2-10-26-15-18/h2-7,10,15-16,21H,8-9,11-14,17H2,1H3,(H,27,28,30). The molecule has 0 spiro atoms. The molecule has 4 heterocycles. The molecule has 6 rings (SSSR count). The number of rotatable bonds is 7. The highest BCUT2D eigenvalue weighted by Gasteiger charge is 2.29. The van der Waals surface area contributed by atoms with Crippen LogP contribution in [0.4, 0.5) is 17.3 Å². The van der Waals surface area contributed by atoms with Crippen molar-refractivity contribution in [3.63, 3.8) is 0 Å². The number of nitrogens with one attached hydrogen (secondary N) is 1. The van der Waals surface area contributed by atoms with Gasteiger partial charge >= 0.3 is 0 Å². The van der Waals surface area contributed by atoms with Crippen LogP contribution in [0, 0.1) is 0 Å². The van der Waals surface area contributed by atoms with Gasteiger partial charge in [0, 0.05) is 61.7 Å². The minimum Gasteiger partial charge on any atom is -0.369 e. The van der Waals surface area contributed by atoms with E-state index in [9.17, 15) is 0 Å². The third-order valence-corrected chi connectivity index (χ3v) is 7.42. The first kappa shape index (κ1) is 21.4. The number of aromatic nitrogens is 5. The predicted molar refractivity (Wildman–Crippen MR) is 137 cm³/mol. The molecule has 9 heteroatoms. The van der Waals surface area contributed by atoms with Gasteiger partial charge in [0.1, 0.15) is 5.52 Å². The molecule has 2 aliphatic rings. The van der Waals surface area contributed by atoms with Crippen LogP contribution in [0.5, 0.6) is 0 Å². The molecular formula is C25H28N8S. The Morgan fingerprint density at radius 3 is 2.56 bits per heavy atom. The van der Waals surface area contributed by atoms with E-state index in [1.165, 1.54) is 24.1 Å². The van der Waals surface area contributed by atoms with Crippen LogP contribution in [0.3, 0.4) is 0 Å². The van der Waals surface area contributed by atoms with E-state index in [1.807, 2.05) is 18.5 Å². The van der Waals surface area contributed by atoms with Crippen LogP contribution >= 0.6 is 11.8 Å². The van der Waals surface area contributed by atoms with E-state index in [2.05, 4.69) is 67.0 Å². The van der Waals surface area contributed by atoms with Crippen molar-refractivity contribution in [2.75, 3.05) is 43.4 Å². The van der Waals surface area contributed by atoms with Gasteiger partial charge in [0.25, 0.3) is 0 Å². The second kappa shape index (κ2) is 9.23. The lowest BCUT2D eigenvalue weighted by molar-refractivity contribution is 0.313. The summed E-state index contributed by atoms with van der Waals surface area (Å²) >= 11 is 1.74. The summed E-state index contributed by atoms with van der Waals surface area (Å²) in [4.78, 5) is 23.3. The van der Waals surface area contributed by atoms with Crippen LogP contribution < -0.4 is 10.2 Å². The number of thioether (sulfide) groups is 1. The number of imidazole rings is 1. The zero-order chi connectivity index (χ0) is 22.9. The second-order valence-corrected chi connectivity index (χ2v) is 9.95. The van der Waals surface area contributed by atoms with Crippen LogP contribution in [0.15, 0.2) is 60.1 Å². The normalized spacial score (nSPS) is 16.8. The van der Waals surface area contributed by atoms with Gasteiger partial charge in [0.15, 0.2) is 10.8 Å². The van der Waals surface area contributed by atoms with E-state index < -0.39 is 0 Å². The quantitative estimate of drug-likeness (QED) is 0.398. The molecule has 3 aromatic heterocycles. The number of benzene rings is 1. The minimum absolute atomic E-state index is 0.479. The lowest BCUT2D eigenvalue weighted by atomic mass is 10.2. The molecule has 0 atom stereocenters. The van der Waals surface area contributed by atoms with Crippen molar-refractivity contribution < 1.29 is 0 Å². The maximum absolute atomic E-state index is 4.86. The van der Waals surface area contributed by atoms with E-state index in [0.717, 1.165) is 53.9 Å². The van der Waals surface area contributed by atoms with Gasteiger partial charge in [-0.15, -0.1) is 0 Å². The summed E-state index contributed by atoms with van der Waals surface area (Å²) in [5.74, 6) is 1.44. The largest absolute Gasteiger partial charge is 0.369 e. The van der Waals surface area contributed by atoms with Crippen molar-refractivity contribution in [1.29, 1.82) is 0 Å². The molecule has 174 valence electrons. The van der Waals surface area contributed by atoms with Crippen molar-refractivity contribution in [3.05, 3.63) is 60.6 Å². The molecule has 2 fully saturated rings. The molecule has 0 unspecified atom stereocenters. The Morgan fingerprint density at radius 2 is 1.82 bits per heavy atom. The fourth-order valence-corrected chi connectivity index (χ4v) is 5.28. The predicted octanol–water partition coefficient (Wildman–Crippen LogP) is 4.34. The molecule has 0 amide bonds. The molecule has 1 N–H and O–H groups in total. The van der Waals surface area contributed by atoms with Crippen molar-refractivity contribution in [2.45, 2.75) is 29.8 Å². The maximum Gasteiger partial charge on any atom is 0.229 e. The van der Waals surface area contributed by atoms with Crippen LogP contribution in [0.25, 0.3) is 11.2 Å². The molecule has 8 nitrogen and oxygen atoms in total. The Balaban J connectivity index is 1.20. The third-order valence-electron chi connectivity index (χ3n) is 6.40. The molecule has 34 heavy (non-hydrogen) atoms. The van der Waals surface area contributed by atoms with Crippen LogP contribution in [-0.2, 0) is 5.75 Å². The maximum atomic E-state index is 4.86. The zero-order valence-corrected chi connectivity index (χ0v) is 20.1. The molecule has 1 saturated heterocycles. The Labute approximate surface area is 203 Å². The molecule has 0 radical (unpaired) electrons. The Kier molecular flexibility index (Phi) is 5.80. The van der Waals surface area contributed by atoms with Crippen LogP contribution in [0.1, 0.15) is 24.4 Å². The molecule has 1 aliphatic carbocycles. The lowest BCUT2D eigenvalue weighted by Crippen LogP contribution is -2.44. The number of hydrogen-bond donors (Lipinski definition) is 1. The van der Waals surface area contributed by atoms with Crippen molar-refractivity contribution in [3.8, 4) is 0 Å². The van der Waals surface area contributed by atoms with Crippen LogP contribution in [0.2, 0.25) is 0 Å². The zero-order valence-electron chi connectivity index (χ0n) is 19.3. The number of piperazine rings is 1. The average molecular weight is 473 g/mol. The topological polar surface area (TPSA) is 75.0 Å². The van der Waals surface area contributed by atoms with Gasteiger partial charge in [-0.25, -0.2) is 9.97 Å². The first-order chi connectivity index (χ1) is 16.7. The highest BCUT2D eigenvalue weighted by atomic mass is 32.2. The smallest absolute Gasteiger partial charge is 0.229 e. The van der Waals surface area contributed by atoms with Crippen molar-refractivity contribution >= 4 is 40.2 Å². The first-order valence-electron chi connectivity index (χ1n) is 11.8. The summed E-state index contributed by atoms with van der Waals surface area (Å²) in [6.45, 7) is 4.33. The van der Waals surface area contributed by atoms with Gasteiger partial charge in [0.2, 0.25) is 5.95 Å². The first-order valence-corrected chi connectivity index (χ1v) is 12.8. The molecule has 1 saturated carbocycles. The van der Waals surface area contributed by atoms with Crippen molar-refractivity contribution in [1.82, 2.24) is 29.4 Å². The fourth-order valence-electron chi connectivity index (χ4n) is 4.27. The highest BCUT2D eigenvalue weighted by molar-refractivity contribution is 7.98. The Morgan fingerprint density at radius 1 is 1.00 bits per heavy atom. The minimum atomic E-state index is 0.479. The summed E-state index contributed by atoms with van der Waals surface area (Å²) in [5, 5.41) is 4.39. The molecule has 4 aromatic rings. The van der Waals surface area contributed by atoms with Gasteiger partial charge in [-0.1, -0.05) is 17.8 Å². The number of hydrogen-bond acceptors (Lipinski definition) is 8. The van der Waals surface area contributed by atoms with Gasteiger partial charge in [0.05, 0.1) is 6.20 Å². The monoisotopic (exact) mass is 472 g/mol. The summed E-state index contributed by atoms with van der Waals surface area (Å²) in [5.41, 5.74) is 5.19. The summed E-state index contributed by atoms with van der Waals surface area (Å²) in [6, 6.07) is 13.1. The molecule has 0 bridgehead atoms.